The lowest BCUT2D eigenvalue weighted by Crippen LogP contribution is -2.31. The first kappa shape index (κ1) is 15.3. The van der Waals surface area contributed by atoms with Crippen LogP contribution in [0.25, 0.3) is 39.3 Å². The summed E-state index contributed by atoms with van der Waals surface area (Å²) in [6.07, 6.45) is 7.49. The van der Waals surface area contributed by atoms with Gasteiger partial charge in [-0.3, -0.25) is 0 Å². The summed E-state index contributed by atoms with van der Waals surface area (Å²) in [6.45, 7) is 6.60. The van der Waals surface area contributed by atoms with Crippen molar-refractivity contribution in [3.05, 3.63) is 65.1 Å². The predicted octanol–water partition coefficient (Wildman–Crippen LogP) is 4.63. The first-order valence-corrected chi connectivity index (χ1v) is 9.12. The number of benzene rings is 2. The second kappa shape index (κ2) is 5.28. The molecule has 0 aliphatic carbocycles. The molecule has 0 bridgehead atoms. The zero-order valence-electron chi connectivity index (χ0n) is 15.7. The molecule has 26 heavy (non-hydrogen) atoms. The average molecular weight is 340 g/mol. The Bertz CT molecular complexity index is 1240. The molecule has 4 aromatic rings. The Kier molecular flexibility index (Phi) is 3.11. The first-order valence-electron chi connectivity index (χ1n) is 9.12. The van der Waals surface area contributed by atoms with Gasteiger partial charge in [0.1, 0.15) is 12.9 Å². The number of pyridine rings is 1. The number of aryl methyl sites for hydroxylation is 4. The van der Waals surface area contributed by atoms with E-state index in [9.17, 15) is 0 Å². The summed E-state index contributed by atoms with van der Waals surface area (Å²) in [5.74, 6) is 1.13. The van der Waals surface area contributed by atoms with E-state index in [4.69, 9.17) is 4.98 Å². The summed E-state index contributed by atoms with van der Waals surface area (Å²) in [4.78, 5) is 5.01. The lowest BCUT2D eigenvalue weighted by Gasteiger charge is -2.13. The van der Waals surface area contributed by atoms with Crippen molar-refractivity contribution in [2.45, 2.75) is 27.2 Å². The number of allylic oxidation sites excluding steroid dienone is 1. The van der Waals surface area contributed by atoms with E-state index >= 15 is 0 Å². The number of aromatic nitrogens is 3. The molecule has 0 atom stereocenters. The minimum atomic E-state index is 0.903. The van der Waals surface area contributed by atoms with E-state index in [0.29, 0.717) is 0 Å². The fraction of sp³-hybridized carbons (Fsp3) is 0.217. The highest BCUT2D eigenvalue weighted by molar-refractivity contribution is 6.13. The number of fused-ring (bicyclic) bond motifs is 5. The molecular weight excluding hydrogens is 318 g/mol. The highest BCUT2D eigenvalue weighted by Gasteiger charge is 2.25. The topological polar surface area (TPSA) is 21.7 Å². The van der Waals surface area contributed by atoms with Crippen LogP contribution in [0, 0.1) is 20.8 Å². The number of nitrogens with zero attached hydrogens (tertiary/aromatic N) is 3. The van der Waals surface area contributed by atoms with Gasteiger partial charge in [0.25, 0.3) is 0 Å². The molecule has 0 saturated carbocycles. The van der Waals surface area contributed by atoms with Crippen LogP contribution in [0.2, 0.25) is 0 Å². The van der Waals surface area contributed by atoms with Crippen molar-refractivity contribution in [1.82, 2.24) is 9.55 Å². The smallest absolute Gasteiger partial charge is 0.215 e. The molecule has 1 aliphatic rings. The minimum absolute atomic E-state index is 0.903. The highest BCUT2D eigenvalue weighted by Crippen LogP contribution is 2.39. The Morgan fingerprint density at radius 2 is 1.81 bits per heavy atom. The van der Waals surface area contributed by atoms with Crippen LogP contribution in [0.1, 0.15) is 22.5 Å². The predicted molar refractivity (Wildman–Crippen MR) is 107 cm³/mol. The van der Waals surface area contributed by atoms with Gasteiger partial charge in [-0.15, -0.1) is 0 Å². The molecular formula is C23H22N3+. The van der Waals surface area contributed by atoms with Crippen LogP contribution in [0.3, 0.4) is 0 Å². The Balaban J connectivity index is 2.03. The van der Waals surface area contributed by atoms with E-state index < -0.39 is 0 Å². The summed E-state index contributed by atoms with van der Waals surface area (Å²) in [5.41, 5.74) is 8.80. The van der Waals surface area contributed by atoms with Gasteiger partial charge in [0.05, 0.1) is 16.6 Å². The normalized spacial score (nSPS) is 13.1. The van der Waals surface area contributed by atoms with Crippen molar-refractivity contribution in [3.63, 3.8) is 0 Å². The summed E-state index contributed by atoms with van der Waals surface area (Å²) >= 11 is 0. The number of hydrogen-bond acceptors (Lipinski definition) is 1. The van der Waals surface area contributed by atoms with E-state index in [1.54, 1.807) is 0 Å². The zero-order valence-corrected chi connectivity index (χ0v) is 15.7. The summed E-state index contributed by atoms with van der Waals surface area (Å²) in [7, 11) is 2.14. The lowest BCUT2D eigenvalue weighted by molar-refractivity contribution is -0.660. The molecule has 3 heterocycles. The van der Waals surface area contributed by atoms with Gasteiger partial charge in [-0.05, 0) is 37.3 Å². The van der Waals surface area contributed by atoms with E-state index in [1.807, 2.05) is 0 Å². The highest BCUT2D eigenvalue weighted by atomic mass is 15.1. The minimum Gasteiger partial charge on any atom is -0.302 e. The van der Waals surface area contributed by atoms with Crippen molar-refractivity contribution in [1.29, 1.82) is 0 Å². The molecule has 128 valence electrons. The van der Waals surface area contributed by atoms with Crippen molar-refractivity contribution in [3.8, 4) is 11.3 Å². The van der Waals surface area contributed by atoms with Gasteiger partial charge in [0, 0.05) is 29.6 Å². The fourth-order valence-electron chi connectivity index (χ4n) is 4.25. The molecule has 0 saturated heterocycles. The van der Waals surface area contributed by atoms with Crippen LogP contribution in [0.5, 0.6) is 0 Å². The number of imidazole rings is 1. The van der Waals surface area contributed by atoms with Crippen LogP contribution < -0.4 is 4.57 Å². The Labute approximate surface area is 153 Å². The summed E-state index contributed by atoms with van der Waals surface area (Å²) in [5, 5.41) is 2.53. The van der Waals surface area contributed by atoms with Gasteiger partial charge in [0.2, 0.25) is 5.69 Å². The number of rotatable bonds is 1. The molecule has 3 nitrogen and oxygen atoms in total. The standard InChI is InChI=1S/C23H22N3/c1-14-12-19(25(4)13-15(14)2)21-16(3)17-8-5-6-9-18(17)22-23(21)26-11-7-10-20(26)24-22/h5-9,11-13H,10H2,1-4H3/q+1. The van der Waals surface area contributed by atoms with Crippen LogP contribution in [0.15, 0.2) is 42.6 Å². The fourth-order valence-corrected chi connectivity index (χ4v) is 4.25. The second-order valence-corrected chi connectivity index (χ2v) is 7.37. The van der Waals surface area contributed by atoms with E-state index in [0.717, 1.165) is 17.8 Å². The molecule has 3 heteroatoms. The maximum atomic E-state index is 5.01. The molecule has 0 N–H and O–H groups in total. The first-order chi connectivity index (χ1) is 12.6. The van der Waals surface area contributed by atoms with Crippen molar-refractivity contribution < 1.29 is 4.57 Å². The molecule has 0 unspecified atom stereocenters. The molecule has 2 aromatic carbocycles. The third-order valence-electron chi connectivity index (χ3n) is 5.74. The molecule has 0 fully saturated rings. The molecule has 1 aliphatic heterocycles. The average Bonchev–Trinajstić information content (AvgIpc) is 3.21. The van der Waals surface area contributed by atoms with Crippen molar-refractivity contribution >= 4 is 28.0 Å². The summed E-state index contributed by atoms with van der Waals surface area (Å²) in [6, 6.07) is 11.0. The van der Waals surface area contributed by atoms with Gasteiger partial charge >= 0.3 is 0 Å². The third kappa shape index (κ3) is 1.94. The van der Waals surface area contributed by atoms with Crippen LogP contribution >= 0.6 is 0 Å². The lowest BCUT2D eigenvalue weighted by atomic mass is 9.94. The maximum Gasteiger partial charge on any atom is 0.215 e. The Hall–Kier alpha value is -2.94. The quantitative estimate of drug-likeness (QED) is 0.463. The van der Waals surface area contributed by atoms with Crippen molar-refractivity contribution in [2.75, 3.05) is 0 Å². The van der Waals surface area contributed by atoms with Gasteiger partial charge < -0.3 is 4.57 Å². The van der Waals surface area contributed by atoms with Gasteiger partial charge in [0.15, 0.2) is 6.20 Å². The largest absolute Gasteiger partial charge is 0.302 e. The van der Waals surface area contributed by atoms with Crippen LogP contribution in [0.4, 0.5) is 0 Å². The molecule has 2 aromatic heterocycles. The molecule has 0 spiro atoms. The van der Waals surface area contributed by atoms with E-state index in [1.165, 1.54) is 44.2 Å². The van der Waals surface area contributed by atoms with Gasteiger partial charge in [-0.2, -0.15) is 0 Å². The molecule has 0 amide bonds. The maximum absolute atomic E-state index is 5.01. The van der Waals surface area contributed by atoms with Gasteiger partial charge in [-0.25, -0.2) is 9.55 Å². The summed E-state index contributed by atoms with van der Waals surface area (Å²) < 4.78 is 4.52. The van der Waals surface area contributed by atoms with E-state index in [-0.39, 0.29) is 0 Å². The molecule has 0 radical (unpaired) electrons. The van der Waals surface area contributed by atoms with Gasteiger partial charge in [-0.1, -0.05) is 30.3 Å². The van der Waals surface area contributed by atoms with Crippen molar-refractivity contribution in [2.24, 2.45) is 7.05 Å². The number of hydrogen-bond donors (Lipinski definition) is 0. The SMILES string of the molecule is Cc1cc(-c2c(C)c3ccccc3c3nc4n(c23)C=CC4)[n+](C)cc1C. The second-order valence-electron chi connectivity index (χ2n) is 7.37. The monoisotopic (exact) mass is 340 g/mol. The Morgan fingerprint density at radius 1 is 1.04 bits per heavy atom. The van der Waals surface area contributed by atoms with E-state index in [2.05, 4.69) is 85.8 Å². The molecule has 5 rings (SSSR count). The Morgan fingerprint density at radius 3 is 2.62 bits per heavy atom. The van der Waals surface area contributed by atoms with Crippen LogP contribution in [-0.4, -0.2) is 9.55 Å². The third-order valence-corrected chi connectivity index (χ3v) is 5.74. The van der Waals surface area contributed by atoms with Crippen LogP contribution in [-0.2, 0) is 13.5 Å². The zero-order chi connectivity index (χ0) is 18.0.